The minimum absolute atomic E-state index is 0.721. The van der Waals surface area contributed by atoms with Crippen molar-refractivity contribution in [1.82, 2.24) is 15.0 Å². The number of benzene rings is 2. The van der Waals surface area contributed by atoms with Gasteiger partial charge in [-0.2, -0.15) is 5.10 Å². The summed E-state index contributed by atoms with van der Waals surface area (Å²) < 4.78 is 0. The summed E-state index contributed by atoms with van der Waals surface area (Å²) in [5.74, 6) is 0.721. The maximum atomic E-state index is 4.44. The van der Waals surface area contributed by atoms with Crippen LogP contribution in [0.15, 0.2) is 72.2 Å². The van der Waals surface area contributed by atoms with Gasteiger partial charge in [-0.15, -0.1) is 11.3 Å². The zero-order valence-electron chi connectivity index (χ0n) is 15.9. The number of hydrogen-bond acceptors (Lipinski definition) is 5. The van der Waals surface area contributed by atoms with Crippen molar-refractivity contribution in [3.8, 4) is 0 Å². The smallest absolute Gasteiger partial charge is 0.158 e. The highest BCUT2D eigenvalue weighted by atomic mass is 32.1. The van der Waals surface area contributed by atoms with Gasteiger partial charge in [0.25, 0.3) is 0 Å². The number of nitrogens with zero attached hydrogens (tertiary/aromatic N) is 3. The third-order valence-electron chi connectivity index (χ3n) is 4.92. The number of H-pyrrole nitrogens is 1. The second kappa shape index (κ2) is 7.48. The van der Waals surface area contributed by atoms with E-state index in [1.165, 1.54) is 21.4 Å². The van der Waals surface area contributed by atoms with Gasteiger partial charge < -0.3 is 4.98 Å². The quantitative estimate of drug-likeness (QED) is 0.303. The summed E-state index contributed by atoms with van der Waals surface area (Å²) in [4.78, 5) is 14.3. The first-order valence-corrected chi connectivity index (χ1v) is 10.2. The van der Waals surface area contributed by atoms with Crippen LogP contribution in [0, 0.1) is 6.92 Å². The number of rotatable bonds is 5. The first-order valence-electron chi connectivity index (χ1n) is 9.41. The normalized spacial score (nSPS) is 11.6. The van der Waals surface area contributed by atoms with Gasteiger partial charge in [0, 0.05) is 34.0 Å². The molecular formula is C23H19N5S. The highest BCUT2D eigenvalue weighted by molar-refractivity contribution is 7.18. The SMILES string of the molecule is Cc1cccc2[nH]cc(C=NNc3ncnc4sc(Cc5ccccc5)cc34)c12. The van der Waals surface area contributed by atoms with E-state index in [9.17, 15) is 0 Å². The van der Waals surface area contributed by atoms with Gasteiger partial charge in [-0.3, -0.25) is 5.43 Å². The Bertz CT molecular complexity index is 1320. The fourth-order valence-electron chi connectivity index (χ4n) is 3.54. The van der Waals surface area contributed by atoms with Gasteiger partial charge in [0.05, 0.1) is 11.6 Å². The number of aromatic nitrogens is 3. The van der Waals surface area contributed by atoms with Crippen molar-refractivity contribution in [2.75, 3.05) is 5.43 Å². The lowest BCUT2D eigenvalue weighted by Gasteiger charge is -2.00. The van der Waals surface area contributed by atoms with E-state index in [1.807, 2.05) is 18.5 Å². The maximum Gasteiger partial charge on any atom is 0.158 e. The molecule has 3 heterocycles. The molecule has 0 saturated heterocycles. The van der Waals surface area contributed by atoms with Gasteiger partial charge in [-0.05, 0) is 30.2 Å². The van der Waals surface area contributed by atoms with E-state index < -0.39 is 0 Å². The van der Waals surface area contributed by atoms with Crippen LogP contribution in [0.2, 0.25) is 0 Å². The largest absolute Gasteiger partial charge is 0.360 e. The second-order valence-corrected chi connectivity index (χ2v) is 8.04. The number of aromatic amines is 1. The standard InChI is InChI=1S/C23H19N5S/c1-15-6-5-9-20-21(15)17(12-24-20)13-27-28-22-19-11-18(29-23(19)26-14-25-22)10-16-7-3-2-4-8-16/h2-9,11-14,24H,10H2,1H3,(H,25,26,28). The van der Waals surface area contributed by atoms with Gasteiger partial charge in [-0.25, -0.2) is 9.97 Å². The summed E-state index contributed by atoms with van der Waals surface area (Å²) in [6, 6.07) is 18.8. The zero-order chi connectivity index (χ0) is 19.6. The van der Waals surface area contributed by atoms with Crippen molar-refractivity contribution in [2.24, 2.45) is 5.10 Å². The van der Waals surface area contributed by atoms with Crippen LogP contribution in [0.4, 0.5) is 5.82 Å². The highest BCUT2D eigenvalue weighted by Gasteiger charge is 2.09. The Labute approximate surface area is 172 Å². The fourth-order valence-corrected chi connectivity index (χ4v) is 4.57. The Kier molecular flexibility index (Phi) is 4.54. The fraction of sp³-hybridized carbons (Fsp3) is 0.0870. The van der Waals surface area contributed by atoms with Crippen molar-refractivity contribution in [2.45, 2.75) is 13.3 Å². The molecule has 0 radical (unpaired) electrons. The number of hydrazone groups is 1. The van der Waals surface area contributed by atoms with Crippen LogP contribution in [-0.2, 0) is 6.42 Å². The Morgan fingerprint density at radius 3 is 2.90 bits per heavy atom. The molecule has 0 amide bonds. The Morgan fingerprint density at radius 2 is 2.00 bits per heavy atom. The third-order valence-corrected chi connectivity index (χ3v) is 5.96. The Hall–Kier alpha value is -3.51. The highest BCUT2D eigenvalue weighted by Crippen LogP contribution is 2.29. The van der Waals surface area contributed by atoms with Gasteiger partial charge in [0.15, 0.2) is 5.82 Å². The third kappa shape index (κ3) is 3.50. The first-order chi connectivity index (χ1) is 14.3. The lowest BCUT2D eigenvalue weighted by molar-refractivity contribution is 1.19. The number of fused-ring (bicyclic) bond motifs is 2. The van der Waals surface area contributed by atoms with Crippen molar-refractivity contribution in [1.29, 1.82) is 0 Å². The van der Waals surface area contributed by atoms with Gasteiger partial charge >= 0.3 is 0 Å². The van der Waals surface area contributed by atoms with Crippen LogP contribution in [0.3, 0.4) is 0 Å². The van der Waals surface area contributed by atoms with E-state index in [2.05, 4.69) is 80.9 Å². The number of thiophene rings is 1. The molecule has 6 heteroatoms. The summed E-state index contributed by atoms with van der Waals surface area (Å²) in [5.41, 5.74) is 7.76. The van der Waals surface area contributed by atoms with Gasteiger partial charge in [-0.1, -0.05) is 42.5 Å². The molecule has 0 spiro atoms. The molecule has 0 saturated carbocycles. The van der Waals surface area contributed by atoms with E-state index in [4.69, 9.17) is 0 Å². The van der Waals surface area contributed by atoms with E-state index in [0.29, 0.717) is 0 Å². The molecule has 5 rings (SSSR count). The molecule has 0 aliphatic rings. The minimum atomic E-state index is 0.721. The van der Waals surface area contributed by atoms with Crippen molar-refractivity contribution in [3.05, 3.63) is 88.7 Å². The number of anilines is 1. The minimum Gasteiger partial charge on any atom is -0.360 e. The van der Waals surface area contributed by atoms with Gasteiger partial charge in [0.1, 0.15) is 11.2 Å². The van der Waals surface area contributed by atoms with E-state index >= 15 is 0 Å². The average molecular weight is 398 g/mol. The van der Waals surface area contributed by atoms with E-state index in [0.717, 1.165) is 33.5 Å². The average Bonchev–Trinajstić information content (AvgIpc) is 3.34. The predicted molar refractivity (Wildman–Crippen MR) is 121 cm³/mol. The molecule has 0 aliphatic heterocycles. The maximum absolute atomic E-state index is 4.44. The molecule has 5 nitrogen and oxygen atoms in total. The van der Waals surface area contributed by atoms with Crippen molar-refractivity contribution < 1.29 is 0 Å². The number of nitrogens with one attached hydrogen (secondary N) is 2. The predicted octanol–water partition coefficient (Wildman–Crippen LogP) is 5.52. The molecular weight excluding hydrogens is 378 g/mol. The summed E-state index contributed by atoms with van der Waals surface area (Å²) in [7, 11) is 0. The monoisotopic (exact) mass is 397 g/mol. The topological polar surface area (TPSA) is 66.0 Å². The Morgan fingerprint density at radius 1 is 1.10 bits per heavy atom. The molecule has 0 bridgehead atoms. The van der Waals surface area contributed by atoms with E-state index in [-0.39, 0.29) is 0 Å². The number of hydrogen-bond donors (Lipinski definition) is 2. The molecule has 0 aliphatic carbocycles. The number of aryl methyl sites for hydroxylation is 1. The molecule has 5 aromatic rings. The van der Waals surface area contributed by atoms with Crippen molar-refractivity contribution >= 4 is 44.5 Å². The summed E-state index contributed by atoms with van der Waals surface area (Å²) in [5, 5.41) is 6.62. The van der Waals surface area contributed by atoms with Crippen LogP contribution in [0.25, 0.3) is 21.1 Å². The van der Waals surface area contributed by atoms with Crippen LogP contribution in [-0.4, -0.2) is 21.2 Å². The lowest BCUT2D eigenvalue weighted by Crippen LogP contribution is -1.94. The second-order valence-electron chi connectivity index (χ2n) is 6.93. The van der Waals surface area contributed by atoms with Crippen LogP contribution >= 0.6 is 11.3 Å². The molecule has 3 aromatic heterocycles. The van der Waals surface area contributed by atoms with Crippen molar-refractivity contribution in [3.63, 3.8) is 0 Å². The molecule has 0 atom stereocenters. The summed E-state index contributed by atoms with van der Waals surface area (Å²) >= 11 is 1.69. The van der Waals surface area contributed by atoms with Gasteiger partial charge in [0.2, 0.25) is 0 Å². The lowest BCUT2D eigenvalue weighted by atomic mass is 10.1. The molecule has 0 fully saturated rings. The molecule has 2 N–H and O–H groups in total. The van der Waals surface area contributed by atoms with Crippen LogP contribution < -0.4 is 5.43 Å². The molecule has 2 aromatic carbocycles. The molecule has 142 valence electrons. The Balaban J connectivity index is 1.41. The first kappa shape index (κ1) is 17.6. The molecule has 0 unspecified atom stereocenters. The summed E-state index contributed by atoms with van der Waals surface area (Å²) in [6.07, 6.45) is 6.27. The summed E-state index contributed by atoms with van der Waals surface area (Å²) in [6.45, 7) is 2.11. The van der Waals surface area contributed by atoms with Crippen LogP contribution in [0.1, 0.15) is 21.6 Å². The van der Waals surface area contributed by atoms with E-state index in [1.54, 1.807) is 17.7 Å². The molecule has 29 heavy (non-hydrogen) atoms. The van der Waals surface area contributed by atoms with Crippen LogP contribution in [0.5, 0.6) is 0 Å². The zero-order valence-corrected chi connectivity index (χ0v) is 16.7.